The maximum Gasteiger partial charge on any atom is 0.303 e. The van der Waals surface area contributed by atoms with E-state index in [1.54, 1.807) is 11.1 Å². The number of aliphatic hydroxyl groups excluding tert-OH is 1. The minimum Gasteiger partial charge on any atom is -0.481 e. The van der Waals surface area contributed by atoms with Crippen LogP contribution in [0.1, 0.15) is 128 Å². The quantitative estimate of drug-likeness (QED) is 0.104. The molecule has 5 aliphatic heterocycles. The van der Waals surface area contributed by atoms with Crippen LogP contribution in [0.15, 0.2) is 48.8 Å². The Morgan fingerprint density at radius 3 is 1.79 bits per heavy atom. The maximum atomic E-state index is 13.0. The molecule has 1 aromatic carbocycles. The molecule has 5 amide bonds. The van der Waals surface area contributed by atoms with E-state index < -0.39 is 30.9 Å². The SMILES string of the molecule is CC1ON(CC(=O)CN(C)C)C(=O)C1C.CCN(C)C(CCN1OCCC1=O)c1cccnc1.CN(C)C(CCC(=O)O)CCN1OCCCC1=O.CN(C)CC(O)CN1OCCC(C)(C)C1=O.CP(=O)(O)C(CCN1OCCCC1=O)c1ccc(F)cc1. The molecule has 0 saturated carbocycles. The number of likely N-dealkylation sites (N-methyl/N-ethyl adjacent to an activating group) is 2. The number of carbonyl (C=O) groups excluding carboxylic acids is 6. The minimum absolute atomic E-state index is 0.0188. The van der Waals surface area contributed by atoms with Crippen LogP contribution in [0.4, 0.5) is 4.39 Å². The standard InChI is InChI=1S/C14H19FNO4P.C14H21N3O2.C12H22N2O4.C11H22N2O3.C10H18N2O3/c1-21(18,19)13(11-4-6-12(15)7-5-11)8-9-16-14(17)3-2-10-20-16;1-3-16(2)13(12-5-4-8-15-11-12)6-9-17-14(18)7-10-19-17;1-13(2)10(5-6-12(16)17)7-8-14-11(15)4-3-9-18-14;1-11(2)5-6-16-13(10(11)15)8-9(14)7-12(3)4;1-7-8(2)15-12(10(7)14)6-9(13)5-11(3)4/h4-7,13H,2-3,8-10H2,1H3,(H,18,19);4-5,8,11,13H,3,6-7,9-10H2,1-2H3;10H,3-9H2,1-2H3,(H,16,17);9,14H,5-8H2,1-4H3;7-8H,5-6H2,1-4H3. The molecule has 2 aromatic rings. The second kappa shape index (κ2) is 39.1. The van der Waals surface area contributed by atoms with Crippen LogP contribution in [0.5, 0.6) is 0 Å². The van der Waals surface area contributed by atoms with E-state index in [1.165, 1.54) is 61.8 Å². The molecule has 1 aromatic heterocycles. The van der Waals surface area contributed by atoms with E-state index in [0.29, 0.717) is 96.7 Å². The van der Waals surface area contributed by atoms with Gasteiger partial charge in [0.2, 0.25) is 25.1 Å². The van der Waals surface area contributed by atoms with Crippen LogP contribution in [0, 0.1) is 17.2 Å². The zero-order valence-corrected chi connectivity index (χ0v) is 55.7. The topological polar surface area (TPSA) is 285 Å². The van der Waals surface area contributed by atoms with Crippen molar-refractivity contribution >= 4 is 48.7 Å². The van der Waals surface area contributed by atoms with Gasteiger partial charge >= 0.3 is 5.97 Å². The number of benzene rings is 1. The van der Waals surface area contributed by atoms with Gasteiger partial charge in [0.05, 0.1) is 82.8 Å². The van der Waals surface area contributed by atoms with Crippen LogP contribution >= 0.6 is 7.37 Å². The lowest BCUT2D eigenvalue weighted by Crippen LogP contribution is -2.50. The molecule has 7 rings (SSSR count). The Hall–Kier alpha value is -5.42. The highest BCUT2D eigenvalue weighted by Gasteiger charge is 2.39. The Labute approximate surface area is 525 Å². The van der Waals surface area contributed by atoms with Gasteiger partial charge in [0, 0.05) is 68.9 Å². The van der Waals surface area contributed by atoms with Crippen molar-refractivity contribution in [2.45, 2.75) is 135 Å². The number of pyridine rings is 1. The summed E-state index contributed by atoms with van der Waals surface area (Å²) in [7, 11) is 9.91. The van der Waals surface area contributed by atoms with Gasteiger partial charge in [-0.3, -0.25) is 72.2 Å². The largest absolute Gasteiger partial charge is 0.481 e. The number of hydrogen-bond donors (Lipinski definition) is 3. The van der Waals surface area contributed by atoms with E-state index in [-0.39, 0.29) is 90.9 Å². The number of nitrogens with zero attached hydrogens (tertiary/aromatic N) is 10. The first kappa shape index (κ1) is 77.8. The van der Waals surface area contributed by atoms with Gasteiger partial charge < -0.3 is 29.8 Å². The van der Waals surface area contributed by atoms with Crippen molar-refractivity contribution in [1.82, 2.24) is 49.9 Å². The van der Waals surface area contributed by atoms with Crippen molar-refractivity contribution in [3.63, 3.8) is 0 Å². The summed E-state index contributed by atoms with van der Waals surface area (Å²) in [6, 6.07) is 9.98. The van der Waals surface area contributed by atoms with E-state index in [9.17, 15) is 52.5 Å². The van der Waals surface area contributed by atoms with Crippen LogP contribution < -0.4 is 0 Å². The highest BCUT2D eigenvalue weighted by molar-refractivity contribution is 7.57. The highest BCUT2D eigenvalue weighted by atomic mass is 31.2. The number of aliphatic carboxylic acids is 1. The van der Waals surface area contributed by atoms with Crippen molar-refractivity contribution in [2.24, 2.45) is 11.3 Å². The number of hydroxylamine groups is 10. The summed E-state index contributed by atoms with van der Waals surface area (Å²) in [5.41, 5.74) is 0.750. The minimum atomic E-state index is -3.42. The fourth-order valence-electron chi connectivity index (χ4n) is 9.87. The average Bonchev–Trinajstić information content (AvgIpc) is 2.95. The van der Waals surface area contributed by atoms with E-state index >= 15 is 0 Å². The molecule has 3 N–H and O–H groups in total. The van der Waals surface area contributed by atoms with Gasteiger partial charge in [0.15, 0.2) is 5.78 Å². The summed E-state index contributed by atoms with van der Waals surface area (Å²) >= 11 is 0. The first-order valence-electron chi connectivity index (χ1n) is 30.6. The molecule has 7 unspecified atom stereocenters. The molecular formula is C61H102FN10O16P. The van der Waals surface area contributed by atoms with E-state index in [0.717, 1.165) is 32.2 Å². The molecule has 0 spiro atoms. The number of ketones is 1. The Kier molecular flexibility index (Phi) is 34.2. The lowest BCUT2D eigenvalue weighted by Gasteiger charge is -2.37. The summed E-state index contributed by atoms with van der Waals surface area (Å²) in [5.74, 6) is -1.50. The Bertz CT molecular complexity index is 2550. The molecule has 0 aliphatic carbocycles. The van der Waals surface area contributed by atoms with Crippen molar-refractivity contribution in [3.8, 4) is 0 Å². The lowest BCUT2D eigenvalue weighted by atomic mass is 9.87. The van der Waals surface area contributed by atoms with Gasteiger partial charge in [-0.05, 0) is 137 Å². The van der Waals surface area contributed by atoms with Crippen molar-refractivity contribution in [3.05, 3.63) is 65.7 Å². The van der Waals surface area contributed by atoms with Crippen LogP contribution in [-0.4, -0.2) is 259 Å². The van der Waals surface area contributed by atoms with Crippen LogP contribution in [0.3, 0.4) is 0 Å². The predicted octanol–water partition coefficient (Wildman–Crippen LogP) is 5.08. The number of β-amino-alcohol motifs (C(OH)–C–C–N with tert-alkyl or cyclic N) is 1. The third-order valence-electron chi connectivity index (χ3n) is 15.4. The normalized spacial score (nSPS) is 20.6. The number of carboxylic acid groups (broad SMARTS) is 1. The fraction of sp³-hybridized carbons (Fsp3) is 0.705. The monoisotopic (exact) mass is 1280 g/mol. The first-order valence-corrected chi connectivity index (χ1v) is 32.8. The second-order valence-corrected chi connectivity index (χ2v) is 26.8. The van der Waals surface area contributed by atoms with Crippen LogP contribution in [0.2, 0.25) is 0 Å². The number of Topliss-reactive ketones (excluding diaryl/α,β-unsaturated/α-hetero) is 1. The van der Waals surface area contributed by atoms with Gasteiger partial charge in [-0.15, -0.1) is 0 Å². The third kappa shape index (κ3) is 28.3. The number of aromatic nitrogens is 1. The van der Waals surface area contributed by atoms with Gasteiger partial charge in [-0.2, -0.15) is 0 Å². The Morgan fingerprint density at radius 1 is 0.753 bits per heavy atom. The Balaban J connectivity index is 0.000000292. The van der Waals surface area contributed by atoms with E-state index in [2.05, 4.69) is 29.9 Å². The molecule has 5 saturated heterocycles. The molecule has 28 heteroatoms. The number of aliphatic hydroxyl groups is 1. The molecule has 89 heavy (non-hydrogen) atoms. The fourth-order valence-corrected chi connectivity index (χ4v) is 11.2. The molecule has 26 nitrogen and oxygen atoms in total. The maximum absolute atomic E-state index is 13.0. The molecule has 504 valence electrons. The van der Waals surface area contributed by atoms with Crippen LogP contribution in [-0.2, 0) is 62.3 Å². The Morgan fingerprint density at radius 2 is 1.31 bits per heavy atom. The van der Waals surface area contributed by atoms with Gasteiger partial charge in [-0.1, -0.05) is 45.9 Å². The molecule has 5 fully saturated rings. The number of halogens is 1. The lowest BCUT2D eigenvalue weighted by molar-refractivity contribution is -0.221. The first-order chi connectivity index (χ1) is 41.8. The molecule has 6 heterocycles. The number of rotatable bonds is 26. The smallest absolute Gasteiger partial charge is 0.303 e. The zero-order valence-electron chi connectivity index (χ0n) is 54.8. The summed E-state index contributed by atoms with van der Waals surface area (Å²) in [6.45, 7) is 16.5. The van der Waals surface area contributed by atoms with Gasteiger partial charge in [0.1, 0.15) is 12.4 Å². The van der Waals surface area contributed by atoms with E-state index in [1.807, 2.05) is 92.0 Å². The molecule has 5 aliphatic rings. The number of carboxylic acids is 1. The summed E-state index contributed by atoms with van der Waals surface area (Å²) < 4.78 is 25.0. The number of carbonyl (C=O) groups is 7. The number of amides is 5. The van der Waals surface area contributed by atoms with Crippen LogP contribution in [0.25, 0.3) is 0 Å². The molecule has 0 bridgehead atoms. The second-order valence-electron chi connectivity index (χ2n) is 24.2. The van der Waals surface area contributed by atoms with Crippen molar-refractivity contribution in [2.75, 3.05) is 135 Å². The molecular weight excluding hydrogens is 1180 g/mol. The van der Waals surface area contributed by atoms with Gasteiger partial charge in [0.25, 0.3) is 11.8 Å². The zero-order chi connectivity index (χ0) is 66.6. The summed E-state index contributed by atoms with van der Waals surface area (Å²) in [6.07, 6.45) is 9.26. The average molecular weight is 1280 g/mol. The molecule has 0 radical (unpaired) electrons. The predicted molar refractivity (Wildman–Crippen MR) is 330 cm³/mol. The van der Waals surface area contributed by atoms with Crippen molar-refractivity contribution < 1.29 is 81.8 Å². The number of hydrogen-bond acceptors (Lipinski definition) is 19. The van der Waals surface area contributed by atoms with Crippen molar-refractivity contribution in [1.29, 1.82) is 0 Å². The third-order valence-corrected chi connectivity index (χ3v) is 17.1. The van der Waals surface area contributed by atoms with Gasteiger partial charge in [-0.25, -0.2) is 29.7 Å². The summed E-state index contributed by atoms with van der Waals surface area (Å²) in [4.78, 5) is 129. The highest BCUT2D eigenvalue weighted by Crippen LogP contribution is 2.54. The summed E-state index contributed by atoms with van der Waals surface area (Å²) in [5, 5.41) is 25.1. The van der Waals surface area contributed by atoms with E-state index in [4.69, 9.17) is 29.3 Å². The molecule has 7 atom stereocenters.